The Morgan fingerprint density at radius 1 is 0.328 bits per heavy atom. The third-order valence-corrected chi connectivity index (χ3v) is 12.2. The van der Waals surface area contributed by atoms with Gasteiger partial charge in [0.05, 0.1) is 11.0 Å². The van der Waals surface area contributed by atoms with E-state index in [0.717, 1.165) is 55.8 Å². The van der Waals surface area contributed by atoms with Gasteiger partial charge in [-0.25, -0.2) is 0 Å². The molecule has 0 amide bonds. The highest BCUT2D eigenvalue weighted by atomic mass is 16.3. The summed E-state index contributed by atoms with van der Waals surface area (Å²) in [6.07, 6.45) is 0. The molecular weight excluding hydrogens is 741 g/mol. The molecule has 0 unspecified atom stereocenters. The monoisotopic (exact) mass is 778 g/mol. The molecule has 0 atom stereocenters. The zero-order chi connectivity index (χ0) is 40.3. The highest BCUT2D eigenvalue weighted by molar-refractivity contribution is 6.12. The number of benzene rings is 10. The minimum absolute atomic E-state index is 0.871. The Hall–Kier alpha value is -8.14. The predicted molar refractivity (Wildman–Crippen MR) is 257 cm³/mol. The van der Waals surface area contributed by atoms with Crippen LogP contribution < -0.4 is 4.90 Å². The van der Waals surface area contributed by atoms with Crippen LogP contribution in [0.2, 0.25) is 0 Å². The summed E-state index contributed by atoms with van der Waals surface area (Å²) in [5.41, 5.74) is 15.3. The molecule has 0 aliphatic rings. The molecule has 0 N–H and O–H groups in total. The van der Waals surface area contributed by atoms with E-state index < -0.39 is 0 Å². The van der Waals surface area contributed by atoms with Gasteiger partial charge in [-0.2, -0.15) is 0 Å². The van der Waals surface area contributed by atoms with Gasteiger partial charge in [0.2, 0.25) is 0 Å². The summed E-state index contributed by atoms with van der Waals surface area (Å²) in [6, 6.07) is 82.9. The van der Waals surface area contributed by atoms with Crippen molar-refractivity contribution in [2.75, 3.05) is 4.90 Å². The van der Waals surface area contributed by atoms with Gasteiger partial charge in [0.25, 0.3) is 0 Å². The number of aromatic nitrogens is 1. The van der Waals surface area contributed by atoms with E-state index >= 15 is 0 Å². The number of nitrogens with zero attached hydrogens (tertiary/aromatic N) is 2. The Labute approximate surface area is 353 Å². The van der Waals surface area contributed by atoms with Crippen LogP contribution >= 0.6 is 0 Å². The van der Waals surface area contributed by atoms with Crippen LogP contribution in [0, 0.1) is 0 Å². The number of furan rings is 1. The SMILES string of the molecule is c1ccc(-c2ccc(N(c3ccc(-c4cccc5ccccc45)cc3)c3cc(-c4ccc(-n5c6ccccc6c6ccccc65)cc4)c4oc5ccccc5c4c3)cc2)cc1. The van der Waals surface area contributed by atoms with E-state index in [1.165, 1.54) is 54.8 Å². The Bertz CT molecular complexity index is 3500. The predicted octanol–water partition coefficient (Wildman–Crippen LogP) is 16.3. The molecule has 286 valence electrons. The first kappa shape index (κ1) is 34.9. The molecule has 2 aromatic heterocycles. The molecule has 3 nitrogen and oxygen atoms in total. The van der Waals surface area contributed by atoms with Crippen molar-refractivity contribution in [3.05, 3.63) is 231 Å². The Kier molecular flexibility index (Phi) is 8.17. The zero-order valence-corrected chi connectivity index (χ0v) is 33.2. The maximum Gasteiger partial charge on any atom is 0.143 e. The maximum absolute atomic E-state index is 6.74. The number of hydrogen-bond donors (Lipinski definition) is 0. The van der Waals surface area contributed by atoms with Crippen LogP contribution in [0.25, 0.3) is 93.6 Å². The highest BCUT2D eigenvalue weighted by Crippen LogP contribution is 2.44. The van der Waals surface area contributed by atoms with Crippen LogP contribution in [-0.2, 0) is 0 Å². The quantitative estimate of drug-likeness (QED) is 0.161. The minimum atomic E-state index is 0.871. The fraction of sp³-hybridized carbons (Fsp3) is 0. The van der Waals surface area contributed by atoms with Gasteiger partial charge >= 0.3 is 0 Å². The van der Waals surface area contributed by atoms with E-state index in [9.17, 15) is 0 Å². The second kappa shape index (κ2) is 14.3. The van der Waals surface area contributed by atoms with Crippen LogP contribution in [0.4, 0.5) is 17.1 Å². The number of rotatable bonds is 7. The van der Waals surface area contributed by atoms with Crippen molar-refractivity contribution >= 4 is 71.6 Å². The number of para-hydroxylation sites is 3. The zero-order valence-electron chi connectivity index (χ0n) is 33.2. The Morgan fingerprint density at radius 3 is 1.56 bits per heavy atom. The lowest BCUT2D eigenvalue weighted by Gasteiger charge is -2.27. The molecule has 0 aliphatic heterocycles. The fourth-order valence-corrected chi connectivity index (χ4v) is 9.29. The Morgan fingerprint density at radius 2 is 0.852 bits per heavy atom. The molecule has 61 heavy (non-hydrogen) atoms. The van der Waals surface area contributed by atoms with E-state index in [2.05, 4.69) is 234 Å². The van der Waals surface area contributed by atoms with Crippen molar-refractivity contribution in [3.8, 4) is 39.1 Å². The first-order chi connectivity index (χ1) is 30.2. The van der Waals surface area contributed by atoms with Gasteiger partial charge in [0.15, 0.2) is 0 Å². The van der Waals surface area contributed by atoms with Crippen LogP contribution in [-0.4, -0.2) is 4.57 Å². The topological polar surface area (TPSA) is 21.3 Å². The van der Waals surface area contributed by atoms with E-state index in [1.54, 1.807) is 0 Å². The lowest BCUT2D eigenvalue weighted by molar-refractivity contribution is 0.670. The van der Waals surface area contributed by atoms with Gasteiger partial charge in [0, 0.05) is 49.9 Å². The van der Waals surface area contributed by atoms with Crippen molar-refractivity contribution in [1.29, 1.82) is 0 Å². The van der Waals surface area contributed by atoms with Gasteiger partial charge in [-0.3, -0.25) is 0 Å². The molecule has 0 saturated carbocycles. The maximum atomic E-state index is 6.74. The van der Waals surface area contributed by atoms with E-state index in [1.807, 2.05) is 6.07 Å². The molecule has 0 fully saturated rings. The van der Waals surface area contributed by atoms with E-state index in [4.69, 9.17) is 4.42 Å². The van der Waals surface area contributed by atoms with Gasteiger partial charge in [-0.05, 0) is 105 Å². The highest BCUT2D eigenvalue weighted by Gasteiger charge is 2.21. The van der Waals surface area contributed by atoms with Crippen molar-refractivity contribution in [1.82, 2.24) is 4.57 Å². The molecular formula is C58H38N2O. The van der Waals surface area contributed by atoms with Gasteiger partial charge in [-0.1, -0.05) is 164 Å². The molecule has 0 radical (unpaired) electrons. The minimum Gasteiger partial charge on any atom is -0.455 e. The van der Waals surface area contributed by atoms with E-state index in [-0.39, 0.29) is 0 Å². The molecule has 12 rings (SSSR count). The number of anilines is 3. The first-order valence-electron chi connectivity index (χ1n) is 20.8. The van der Waals surface area contributed by atoms with Gasteiger partial charge in [0.1, 0.15) is 11.2 Å². The molecule has 10 aromatic carbocycles. The van der Waals surface area contributed by atoms with Crippen LogP contribution in [0.5, 0.6) is 0 Å². The lowest BCUT2D eigenvalue weighted by Crippen LogP contribution is -2.10. The summed E-state index contributed by atoms with van der Waals surface area (Å²) in [5, 5.41) is 7.15. The van der Waals surface area contributed by atoms with Crippen LogP contribution in [0.1, 0.15) is 0 Å². The molecule has 0 aliphatic carbocycles. The molecule has 3 heteroatoms. The second-order valence-electron chi connectivity index (χ2n) is 15.7. The van der Waals surface area contributed by atoms with Crippen molar-refractivity contribution in [2.45, 2.75) is 0 Å². The smallest absolute Gasteiger partial charge is 0.143 e. The molecule has 0 spiro atoms. The average molecular weight is 779 g/mol. The summed E-state index contributed by atoms with van der Waals surface area (Å²) in [7, 11) is 0. The summed E-state index contributed by atoms with van der Waals surface area (Å²) in [6.45, 7) is 0. The number of fused-ring (bicyclic) bond motifs is 7. The van der Waals surface area contributed by atoms with Gasteiger partial charge < -0.3 is 13.9 Å². The molecule has 0 saturated heterocycles. The van der Waals surface area contributed by atoms with Crippen LogP contribution in [0.3, 0.4) is 0 Å². The fourth-order valence-electron chi connectivity index (χ4n) is 9.29. The summed E-state index contributed by atoms with van der Waals surface area (Å²) in [5.74, 6) is 0. The molecule has 0 bridgehead atoms. The average Bonchev–Trinajstić information content (AvgIpc) is 3.88. The third-order valence-electron chi connectivity index (χ3n) is 12.2. The molecule has 12 aromatic rings. The van der Waals surface area contributed by atoms with Crippen molar-refractivity contribution in [2.24, 2.45) is 0 Å². The summed E-state index contributed by atoms with van der Waals surface area (Å²) >= 11 is 0. The first-order valence-corrected chi connectivity index (χ1v) is 20.8. The molecule has 2 heterocycles. The second-order valence-corrected chi connectivity index (χ2v) is 15.7. The normalized spacial score (nSPS) is 11.6. The lowest BCUT2D eigenvalue weighted by atomic mass is 9.97. The van der Waals surface area contributed by atoms with Crippen molar-refractivity contribution in [3.63, 3.8) is 0 Å². The van der Waals surface area contributed by atoms with Crippen molar-refractivity contribution < 1.29 is 4.42 Å². The Balaban J connectivity index is 1.03. The summed E-state index contributed by atoms with van der Waals surface area (Å²) in [4.78, 5) is 2.37. The van der Waals surface area contributed by atoms with Gasteiger partial charge in [-0.15, -0.1) is 0 Å². The number of hydrogen-bond acceptors (Lipinski definition) is 2. The standard InChI is InChI=1S/C58H38N2O/c1-2-13-39(14-3-1)40-25-31-44(32-26-40)59(45-33-27-42(28-34-45)49-21-12-16-41-15-4-5-17-48(41)49)47-37-53(58-54(38-47)52-20-8-11-24-57(52)61-58)43-29-35-46(36-30-43)60-55-22-9-6-18-50(55)51-19-7-10-23-56(51)60/h1-38H. The van der Waals surface area contributed by atoms with Crippen LogP contribution in [0.15, 0.2) is 235 Å². The largest absolute Gasteiger partial charge is 0.455 e. The third kappa shape index (κ3) is 5.90. The summed E-state index contributed by atoms with van der Waals surface area (Å²) < 4.78 is 9.11. The van der Waals surface area contributed by atoms with E-state index in [0.29, 0.717) is 0 Å².